The van der Waals surface area contributed by atoms with Crippen LogP contribution < -0.4 is 4.90 Å². The largest absolute Gasteiger partial charge is 0.354 e. The van der Waals surface area contributed by atoms with Crippen LogP contribution >= 0.6 is 0 Å². The summed E-state index contributed by atoms with van der Waals surface area (Å²) in [6.07, 6.45) is 4.21. The minimum atomic E-state index is 0.734. The second-order valence-electron chi connectivity index (χ2n) is 5.30. The van der Waals surface area contributed by atoms with Crippen LogP contribution in [0, 0.1) is 12.8 Å². The van der Waals surface area contributed by atoms with Crippen LogP contribution in [0.5, 0.6) is 0 Å². The van der Waals surface area contributed by atoms with Crippen molar-refractivity contribution in [2.24, 2.45) is 13.0 Å². The summed E-state index contributed by atoms with van der Waals surface area (Å²) in [4.78, 5) is 11.2. The molecule has 18 heavy (non-hydrogen) atoms. The Labute approximate surface area is 107 Å². The fourth-order valence-corrected chi connectivity index (χ4v) is 2.87. The van der Waals surface area contributed by atoms with Crippen molar-refractivity contribution in [3.05, 3.63) is 12.0 Å². The van der Waals surface area contributed by atoms with Crippen LogP contribution in [0.3, 0.4) is 0 Å². The number of rotatable bonds is 1. The van der Waals surface area contributed by atoms with Gasteiger partial charge in [-0.15, -0.1) is 0 Å². The van der Waals surface area contributed by atoms with Crippen LogP contribution in [-0.4, -0.2) is 32.8 Å². The molecule has 3 heterocycles. The van der Waals surface area contributed by atoms with Crippen molar-refractivity contribution in [3.63, 3.8) is 0 Å². The minimum absolute atomic E-state index is 0.734. The maximum atomic E-state index is 4.49. The highest BCUT2D eigenvalue weighted by Crippen LogP contribution is 2.27. The summed E-state index contributed by atoms with van der Waals surface area (Å²) < 4.78 is 1.90. The highest BCUT2D eigenvalue weighted by molar-refractivity contribution is 5.87. The van der Waals surface area contributed by atoms with Gasteiger partial charge < -0.3 is 4.90 Å². The Bertz CT molecular complexity index is 574. The van der Waals surface area contributed by atoms with Gasteiger partial charge in [0.05, 0.1) is 5.69 Å². The van der Waals surface area contributed by atoms with Crippen molar-refractivity contribution in [2.75, 3.05) is 18.0 Å². The van der Waals surface area contributed by atoms with Crippen molar-refractivity contribution >= 4 is 16.9 Å². The minimum Gasteiger partial charge on any atom is -0.354 e. The molecule has 0 aromatic carbocycles. The van der Waals surface area contributed by atoms with E-state index in [1.54, 1.807) is 6.33 Å². The lowest BCUT2D eigenvalue weighted by atomic mass is 10.0. The number of aromatic nitrogens is 4. The van der Waals surface area contributed by atoms with E-state index in [2.05, 4.69) is 26.9 Å². The molecule has 0 radical (unpaired) electrons. The molecule has 2 aromatic heterocycles. The van der Waals surface area contributed by atoms with Gasteiger partial charge in [0.25, 0.3) is 0 Å². The number of hydrogen-bond acceptors (Lipinski definition) is 4. The van der Waals surface area contributed by atoms with Crippen molar-refractivity contribution in [2.45, 2.75) is 26.7 Å². The van der Waals surface area contributed by atoms with Crippen molar-refractivity contribution in [1.82, 2.24) is 19.7 Å². The summed E-state index contributed by atoms with van der Waals surface area (Å²) in [5.41, 5.74) is 3.01. The molecule has 1 fully saturated rings. The first-order valence-corrected chi connectivity index (χ1v) is 6.56. The van der Waals surface area contributed by atoms with Gasteiger partial charge >= 0.3 is 0 Å². The molecular formula is C13H19N5. The molecule has 0 bridgehead atoms. The first-order chi connectivity index (χ1) is 8.66. The quantitative estimate of drug-likeness (QED) is 0.770. The van der Waals surface area contributed by atoms with Crippen LogP contribution in [-0.2, 0) is 7.05 Å². The Morgan fingerprint density at radius 3 is 2.94 bits per heavy atom. The molecule has 0 unspecified atom stereocenters. The normalized spacial score (nSPS) is 20.6. The Morgan fingerprint density at radius 1 is 1.33 bits per heavy atom. The molecule has 0 spiro atoms. The Balaban J connectivity index is 2.11. The van der Waals surface area contributed by atoms with Crippen LogP contribution in [0.15, 0.2) is 6.33 Å². The lowest BCUT2D eigenvalue weighted by molar-refractivity contribution is 0.445. The zero-order valence-corrected chi connectivity index (χ0v) is 11.2. The zero-order valence-electron chi connectivity index (χ0n) is 11.2. The third-order valence-corrected chi connectivity index (χ3v) is 3.73. The number of aryl methyl sites for hydroxylation is 2. The summed E-state index contributed by atoms with van der Waals surface area (Å²) in [6, 6.07) is 0. The fourth-order valence-electron chi connectivity index (χ4n) is 2.87. The van der Waals surface area contributed by atoms with Gasteiger partial charge in [-0.05, 0) is 25.7 Å². The molecule has 2 aromatic rings. The maximum Gasteiger partial charge on any atom is 0.158 e. The number of piperidine rings is 1. The highest BCUT2D eigenvalue weighted by Gasteiger charge is 2.21. The van der Waals surface area contributed by atoms with E-state index in [-0.39, 0.29) is 0 Å². The molecule has 1 atom stereocenters. The molecule has 0 N–H and O–H groups in total. The lowest BCUT2D eigenvalue weighted by Crippen LogP contribution is -2.35. The number of fused-ring (bicyclic) bond motifs is 1. The van der Waals surface area contributed by atoms with E-state index >= 15 is 0 Å². The smallest absolute Gasteiger partial charge is 0.158 e. The fraction of sp³-hybridized carbons (Fsp3) is 0.615. The van der Waals surface area contributed by atoms with Gasteiger partial charge in [-0.2, -0.15) is 5.10 Å². The summed E-state index contributed by atoms with van der Waals surface area (Å²) in [7, 11) is 1.97. The molecule has 3 rings (SSSR count). The summed E-state index contributed by atoms with van der Waals surface area (Å²) in [5.74, 6) is 1.77. The van der Waals surface area contributed by atoms with Crippen LogP contribution in [0.25, 0.3) is 11.0 Å². The van der Waals surface area contributed by atoms with Gasteiger partial charge in [0.15, 0.2) is 5.82 Å². The molecule has 1 aliphatic heterocycles. The van der Waals surface area contributed by atoms with E-state index < -0.39 is 0 Å². The number of anilines is 1. The van der Waals surface area contributed by atoms with Crippen LogP contribution in [0.2, 0.25) is 0 Å². The lowest BCUT2D eigenvalue weighted by Gasteiger charge is -2.32. The topological polar surface area (TPSA) is 46.8 Å². The SMILES string of the molecule is Cc1nn(C)c2c(N3CCC[C@@H](C)C3)ncnc12. The molecule has 0 amide bonds. The maximum absolute atomic E-state index is 4.49. The second kappa shape index (κ2) is 4.23. The van der Waals surface area contributed by atoms with Gasteiger partial charge in [-0.1, -0.05) is 6.92 Å². The molecular weight excluding hydrogens is 226 g/mol. The predicted octanol–water partition coefficient (Wildman–Crippen LogP) is 1.91. The molecule has 5 heteroatoms. The van der Waals surface area contributed by atoms with Crippen molar-refractivity contribution < 1.29 is 0 Å². The molecule has 1 saturated heterocycles. The second-order valence-corrected chi connectivity index (χ2v) is 5.30. The monoisotopic (exact) mass is 245 g/mol. The summed E-state index contributed by atoms with van der Waals surface area (Å²) >= 11 is 0. The van der Waals surface area contributed by atoms with Crippen LogP contribution in [0.4, 0.5) is 5.82 Å². The van der Waals surface area contributed by atoms with E-state index in [4.69, 9.17) is 0 Å². The van der Waals surface area contributed by atoms with E-state index in [1.807, 2.05) is 18.7 Å². The van der Waals surface area contributed by atoms with Gasteiger partial charge in [0.2, 0.25) is 0 Å². The average Bonchev–Trinajstić information content (AvgIpc) is 2.65. The van der Waals surface area contributed by atoms with Gasteiger partial charge in [0, 0.05) is 20.1 Å². The van der Waals surface area contributed by atoms with Crippen molar-refractivity contribution in [3.8, 4) is 0 Å². The zero-order chi connectivity index (χ0) is 12.7. The predicted molar refractivity (Wildman–Crippen MR) is 71.7 cm³/mol. The summed E-state index contributed by atoms with van der Waals surface area (Å²) in [5, 5.41) is 4.45. The van der Waals surface area contributed by atoms with Crippen molar-refractivity contribution in [1.29, 1.82) is 0 Å². The Morgan fingerprint density at radius 2 is 2.17 bits per heavy atom. The first kappa shape index (κ1) is 11.4. The molecule has 96 valence electrons. The van der Waals surface area contributed by atoms with E-state index in [0.717, 1.165) is 41.6 Å². The van der Waals surface area contributed by atoms with Gasteiger partial charge in [-0.3, -0.25) is 4.68 Å². The molecule has 0 saturated carbocycles. The molecule has 0 aliphatic carbocycles. The standard InChI is InChI=1S/C13H19N5/c1-9-5-4-6-18(7-9)13-12-11(14-8-15-13)10(2)16-17(12)3/h8-9H,4-7H2,1-3H3/t9-/m1/s1. The Hall–Kier alpha value is -1.65. The highest BCUT2D eigenvalue weighted by atomic mass is 15.3. The first-order valence-electron chi connectivity index (χ1n) is 6.56. The number of hydrogen-bond donors (Lipinski definition) is 0. The summed E-state index contributed by atoms with van der Waals surface area (Å²) in [6.45, 7) is 6.47. The van der Waals surface area contributed by atoms with E-state index in [0.29, 0.717) is 0 Å². The third kappa shape index (κ3) is 1.74. The molecule has 1 aliphatic rings. The van der Waals surface area contributed by atoms with Gasteiger partial charge in [-0.25, -0.2) is 9.97 Å². The van der Waals surface area contributed by atoms with E-state index in [1.165, 1.54) is 12.8 Å². The van der Waals surface area contributed by atoms with Crippen LogP contribution in [0.1, 0.15) is 25.5 Å². The Kier molecular flexibility index (Phi) is 2.69. The average molecular weight is 245 g/mol. The third-order valence-electron chi connectivity index (χ3n) is 3.73. The van der Waals surface area contributed by atoms with Gasteiger partial charge in [0.1, 0.15) is 17.4 Å². The molecule has 5 nitrogen and oxygen atoms in total. The van der Waals surface area contributed by atoms with E-state index in [9.17, 15) is 0 Å². The number of nitrogens with zero attached hydrogens (tertiary/aromatic N) is 5.